The minimum absolute atomic E-state index is 0.592. The standard InChI is InChI=1S/C26H19N3/c27-19-23(22-8-7-17-28-20-22)18-21-13-15-26(16-14-21)29(24-9-3-1-4-10-24)25-11-5-2-6-12-25/h1-18,20H/b23-18+. The first-order chi connectivity index (χ1) is 14.3. The molecule has 0 aliphatic heterocycles. The smallest absolute Gasteiger partial charge is 0.0998 e. The van der Waals surface area contributed by atoms with E-state index < -0.39 is 0 Å². The van der Waals surface area contributed by atoms with Crippen LogP contribution in [-0.2, 0) is 0 Å². The summed E-state index contributed by atoms with van der Waals surface area (Å²) in [6.07, 6.45) is 5.29. The summed E-state index contributed by atoms with van der Waals surface area (Å²) in [5.74, 6) is 0. The Morgan fingerprint density at radius 3 is 1.83 bits per heavy atom. The molecule has 0 saturated heterocycles. The van der Waals surface area contributed by atoms with E-state index in [0.717, 1.165) is 28.2 Å². The molecule has 0 aliphatic carbocycles. The fourth-order valence-electron chi connectivity index (χ4n) is 3.19. The average Bonchev–Trinajstić information content (AvgIpc) is 2.81. The van der Waals surface area contributed by atoms with Crippen molar-refractivity contribution in [2.24, 2.45) is 0 Å². The van der Waals surface area contributed by atoms with Crippen LogP contribution in [0.4, 0.5) is 17.1 Å². The molecule has 4 rings (SSSR count). The lowest BCUT2D eigenvalue weighted by atomic mass is 10.1. The minimum atomic E-state index is 0.592. The first-order valence-electron chi connectivity index (χ1n) is 9.37. The monoisotopic (exact) mass is 373 g/mol. The van der Waals surface area contributed by atoms with Crippen LogP contribution in [0.1, 0.15) is 11.1 Å². The van der Waals surface area contributed by atoms with Crippen LogP contribution in [0, 0.1) is 11.3 Å². The Morgan fingerprint density at radius 1 is 0.724 bits per heavy atom. The van der Waals surface area contributed by atoms with Crippen molar-refractivity contribution in [3.63, 3.8) is 0 Å². The molecule has 3 aromatic carbocycles. The number of nitrogens with zero attached hydrogens (tertiary/aromatic N) is 3. The molecule has 0 bridgehead atoms. The third-order valence-electron chi connectivity index (χ3n) is 4.58. The van der Waals surface area contributed by atoms with E-state index in [1.165, 1.54) is 0 Å². The zero-order valence-corrected chi connectivity index (χ0v) is 15.8. The highest BCUT2D eigenvalue weighted by Crippen LogP contribution is 2.34. The zero-order valence-electron chi connectivity index (χ0n) is 15.8. The predicted molar refractivity (Wildman–Crippen MR) is 119 cm³/mol. The Bertz CT molecular complexity index is 1090. The zero-order chi connectivity index (χ0) is 19.9. The van der Waals surface area contributed by atoms with Crippen molar-refractivity contribution in [3.8, 4) is 6.07 Å². The fourth-order valence-corrected chi connectivity index (χ4v) is 3.19. The highest BCUT2D eigenvalue weighted by Gasteiger charge is 2.11. The Balaban J connectivity index is 1.70. The topological polar surface area (TPSA) is 39.9 Å². The normalized spacial score (nSPS) is 10.9. The van der Waals surface area contributed by atoms with Crippen LogP contribution in [0.15, 0.2) is 109 Å². The summed E-state index contributed by atoms with van der Waals surface area (Å²) in [6.45, 7) is 0. The number of anilines is 3. The van der Waals surface area contributed by atoms with Crippen molar-refractivity contribution in [2.45, 2.75) is 0 Å². The van der Waals surface area contributed by atoms with Crippen molar-refractivity contribution in [1.82, 2.24) is 4.98 Å². The van der Waals surface area contributed by atoms with E-state index in [9.17, 15) is 5.26 Å². The molecule has 0 radical (unpaired) electrons. The largest absolute Gasteiger partial charge is 0.311 e. The lowest BCUT2D eigenvalue weighted by Gasteiger charge is -2.25. The number of rotatable bonds is 5. The van der Waals surface area contributed by atoms with Gasteiger partial charge in [0.05, 0.1) is 11.6 Å². The van der Waals surface area contributed by atoms with E-state index in [4.69, 9.17) is 0 Å². The van der Waals surface area contributed by atoms with Crippen molar-refractivity contribution in [3.05, 3.63) is 121 Å². The molecule has 3 heteroatoms. The van der Waals surface area contributed by atoms with Crippen LogP contribution in [0.5, 0.6) is 0 Å². The third-order valence-corrected chi connectivity index (χ3v) is 4.58. The van der Waals surface area contributed by atoms with Gasteiger partial charge in [-0.15, -0.1) is 0 Å². The van der Waals surface area contributed by atoms with E-state index in [1.54, 1.807) is 12.4 Å². The molecule has 0 amide bonds. The van der Waals surface area contributed by atoms with Crippen LogP contribution in [0.2, 0.25) is 0 Å². The number of pyridine rings is 1. The molecule has 0 saturated carbocycles. The Morgan fingerprint density at radius 2 is 1.31 bits per heavy atom. The van der Waals surface area contributed by atoms with Crippen LogP contribution < -0.4 is 4.90 Å². The van der Waals surface area contributed by atoms with Gasteiger partial charge in [0, 0.05) is 35.0 Å². The maximum absolute atomic E-state index is 9.53. The van der Waals surface area contributed by atoms with Crippen molar-refractivity contribution in [2.75, 3.05) is 4.90 Å². The van der Waals surface area contributed by atoms with Gasteiger partial charge in [-0.2, -0.15) is 5.26 Å². The number of hydrogen-bond donors (Lipinski definition) is 0. The van der Waals surface area contributed by atoms with Crippen molar-refractivity contribution >= 4 is 28.7 Å². The van der Waals surface area contributed by atoms with E-state index >= 15 is 0 Å². The van der Waals surface area contributed by atoms with Gasteiger partial charge in [0.2, 0.25) is 0 Å². The number of aromatic nitrogens is 1. The fraction of sp³-hybridized carbons (Fsp3) is 0. The maximum atomic E-state index is 9.53. The van der Waals surface area contributed by atoms with Crippen LogP contribution in [-0.4, -0.2) is 4.98 Å². The Kier molecular flexibility index (Phi) is 5.46. The number of para-hydroxylation sites is 2. The van der Waals surface area contributed by atoms with Crippen molar-refractivity contribution < 1.29 is 0 Å². The molecule has 0 fully saturated rings. The third kappa shape index (κ3) is 4.23. The molecule has 4 aromatic rings. The molecule has 0 atom stereocenters. The summed E-state index contributed by atoms with van der Waals surface area (Å²) in [5, 5.41) is 9.53. The summed E-state index contributed by atoms with van der Waals surface area (Å²) in [5.41, 5.74) is 5.61. The minimum Gasteiger partial charge on any atom is -0.311 e. The number of hydrogen-bond acceptors (Lipinski definition) is 3. The summed E-state index contributed by atoms with van der Waals surface area (Å²) < 4.78 is 0. The Labute approximate surface area is 170 Å². The number of allylic oxidation sites excluding steroid dienone is 1. The van der Waals surface area contributed by atoms with E-state index in [2.05, 4.69) is 52.4 Å². The lowest BCUT2D eigenvalue weighted by molar-refractivity contribution is 1.28. The molecule has 138 valence electrons. The van der Waals surface area contributed by atoms with E-state index in [-0.39, 0.29) is 0 Å². The summed E-state index contributed by atoms with van der Waals surface area (Å²) >= 11 is 0. The highest BCUT2D eigenvalue weighted by atomic mass is 15.1. The van der Waals surface area contributed by atoms with E-state index in [0.29, 0.717) is 5.57 Å². The van der Waals surface area contributed by atoms with Gasteiger partial charge in [0.1, 0.15) is 0 Å². The molecule has 0 spiro atoms. The van der Waals surface area contributed by atoms with Gasteiger partial charge in [0.25, 0.3) is 0 Å². The van der Waals surface area contributed by atoms with Gasteiger partial charge < -0.3 is 4.90 Å². The average molecular weight is 373 g/mol. The lowest BCUT2D eigenvalue weighted by Crippen LogP contribution is -2.09. The molecule has 1 aromatic heterocycles. The highest BCUT2D eigenvalue weighted by molar-refractivity contribution is 5.89. The molecule has 0 unspecified atom stereocenters. The maximum Gasteiger partial charge on any atom is 0.0998 e. The Hall–Kier alpha value is -4.16. The van der Waals surface area contributed by atoms with Gasteiger partial charge in [-0.25, -0.2) is 0 Å². The van der Waals surface area contributed by atoms with Gasteiger partial charge >= 0.3 is 0 Å². The van der Waals surface area contributed by atoms with Crippen molar-refractivity contribution in [1.29, 1.82) is 5.26 Å². The first-order valence-corrected chi connectivity index (χ1v) is 9.37. The molecular formula is C26H19N3. The number of benzene rings is 3. The molecular weight excluding hydrogens is 354 g/mol. The second kappa shape index (κ2) is 8.69. The molecule has 0 aliphatic rings. The summed E-state index contributed by atoms with van der Waals surface area (Å²) in [4.78, 5) is 6.31. The van der Waals surface area contributed by atoms with Crippen LogP contribution >= 0.6 is 0 Å². The van der Waals surface area contributed by atoms with Gasteiger partial charge in [-0.1, -0.05) is 54.6 Å². The van der Waals surface area contributed by atoms with Crippen LogP contribution in [0.25, 0.3) is 11.6 Å². The van der Waals surface area contributed by atoms with Crippen LogP contribution in [0.3, 0.4) is 0 Å². The molecule has 3 nitrogen and oxygen atoms in total. The summed E-state index contributed by atoms with van der Waals surface area (Å²) in [7, 11) is 0. The second-order valence-corrected chi connectivity index (χ2v) is 6.51. The first kappa shape index (κ1) is 18.2. The van der Waals surface area contributed by atoms with Gasteiger partial charge in [-0.05, 0) is 54.1 Å². The SMILES string of the molecule is N#C/C(=C\c1ccc(N(c2ccccc2)c2ccccc2)cc1)c1cccnc1. The molecule has 1 heterocycles. The predicted octanol–water partition coefficient (Wildman–Crippen LogP) is 6.62. The summed E-state index contributed by atoms with van der Waals surface area (Å²) in [6, 6.07) is 34.8. The van der Waals surface area contributed by atoms with E-state index in [1.807, 2.05) is 66.7 Å². The quantitative estimate of drug-likeness (QED) is 0.369. The molecule has 0 N–H and O–H groups in total. The molecule has 29 heavy (non-hydrogen) atoms. The second-order valence-electron chi connectivity index (χ2n) is 6.51. The van der Waals surface area contributed by atoms with Gasteiger partial charge in [0.15, 0.2) is 0 Å². The number of nitriles is 1. The van der Waals surface area contributed by atoms with Gasteiger partial charge in [-0.3, -0.25) is 4.98 Å².